The van der Waals surface area contributed by atoms with Gasteiger partial charge in [-0.15, -0.1) is 0 Å². The Morgan fingerprint density at radius 1 is 1.12 bits per heavy atom. The van der Waals surface area contributed by atoms with E-state index in [2.05, 4.69) is 59.4 Å². The number of hydrogen-bond acceptors (Lipinski definition) is 3. The minimum atomic E-state index is -0.475. The summed E-state index contributed by atoms with van der Waals surface area (Å²) < 4.78 is 5.87. The zero-order chi connectivity index (χ0) is 18.7. The van der Waals surface area contributed by atoms with Crippen molar-refractivity contribution in [1.82, 2.24) is 5.32 Å². The minimum absolute atomic E-state index is 0.0457. The van der Waals surface area contributed by atoms with E-state index < -0.39 is 6.09 Å². The average molecular weight is 414 g/mol. The number of carbonyl (C=O) groups excluding carboxylic acids is 1. The predicted molar refractivity (Wildman–Crippen MR) is 105 cm³/mol. The summed E-state index contributed by atoms with van der Waals surface area (Å²) in [6.07, 6.45) is 0.230. The zero-order valence-electron chi connectivity index (χ0n) is 15.0. The van der Waals surface area contributed by atoms with Gasteiger partial charge in [0.1, 0.15) is 0 Å². The number of fused-ring (bicyclic) bond motifs is 3. The molecule has 0 aliphatic heterocycles. The third-order valence-electron chi connectivity index (χ3n) is 4.66. The van der Waals surface area contributed by atoms with Crippen molar-refractivity contribution in [2.75, 3.05) is 6.61 Å². The summed E-state index contributed by atoms with van der Waals surface area (Å²) in [7, 11) is 0. The van der Waals surface area contributed by atoms with E-state index in [0.29, 0.717) is 16.9 Å². The summed E-state index contributed by atoms with van der Waals surface area (Å²) in [4.78, 5) is 12.3. The van der Waals surface area contributed by atoms with Gasteiger partial charge in [-0.05, 0) is 0 Å². The maximum absolute atomic E-state index is 12.3. The molecule has 0 fully saturated rings. The van der Waals surface area contributed by atoms with Crippen molar-refractivity contribution in [2.24, 2.45) is 5.92 Å². The van der Waals surface area contributed by atoms with Crippen LogP contribution in [0.1, 0.15) is 37.3 Å². The molecule has 2 aromatic rings. The number of benzene rings is 2. The van der Waals surface area contributed by atoms with Gasteiger partial charge in [0.15, 0.2) is 0 Å². The SMILES string of the molecule is CC(C)C[C@H](NC(=O)OCC1c2ccccc2-c2ccccc21)C(=N)[Se]. The quantitative estimate of drug-likeness (QED) is 0.553. The van der Waals surface area contributed by atoms with Crippen molar-refractivity contribution in [1.29, 1.82) is 5.41 Å². The van der Waals surface area contributed by atoms with Crippen LogP contribution in [0.25, 0.3) is 11.1 Å². The van der Waals surface area contributed by atoms with E-state index in [1.165, 1.54) is 22.3 Å². The van der Waals surface area contributed by atoms with Gasteiger partial charge >= 0.3 is 163 Å². The molecule has 5 heteroatoms. The Morgan fingerprint density at radius 3 is 2.15 bits per heavy atom. The van der Waals surface area contributed by atoms with Crippen LogP contribution in [0.3, 0.4) is 0 Å². The van der Waals surface area contributed by atoms with Gasteiger partial charge in [-0.25, -0.2) is 0 Å². The van der Waals surface area contributed by atoms with Gasteiger partial charge in [-0.2, -0.15) is 0 Å². The second-order valence-corrected chi connectivity index (χ2v) is 7.94. The fourth-order valence-corrected chi connectivity index (χ4v) is 3.81. The van der Waals surface area contributed by atoms with Crippen molar-refractivity contribution in [3.8, 4) is 11.1 Å². The first-order valence-corrected chi connectivity index (χ1v) is 9.70. The number of carbonyl (C=O) groups is 1. The molecule has 0 heterocycles. The number of hydrogen-bond donors (Lipinski definition) is 2. The van der Waals surface area contributed by atoms with Crippen molar-refractivity contribution in [3.05, 3.63) is 59.7 Å². The standard InChI is InChI=1S/C21H23N2O2Se/c1-13(2)11-19(20(22)26)23-21(24)25-12-18-16-9-5-3-7-14(16)15-8-4-6-10-17(15)18/h3-10,13,18-19,22H,11-12H2,1-2H3,(H,23,24)/t19-/m0/s1. The normalized spacial score (nSPS) is 13.8. The van der Waals surface area contributed by atoms with Crippen LogP contribution in [0.5, 0.6) is 0 Å². The Hall–Kier alpha value is -2.10. The maximum atomic E-state index is 12.3. The molecule has 1 aliphatic rings. The van der Waals surface area contributed by atoms with Crippen molar-refractivity contribution in [3.63, 3.8) is 0 Å². The van der Waals surface area contributed by atoms with Crippen molar-refractivity contribution >= 4 is 26.7 Å². The summed E-state index contributed by atoms with van der Waals surface area (Å²) >= 11 is 2.69. The average Bonchev–Trinajstić information content (AvgIpc) is 2.93. The van der Waals surface area contributed by atoms with Gasteiger partial charge in [0, 0.05) is 0 Å². The van der Waals surface area contributed by atoms with Gasteiger partial charge in [0.25, 0.3) is 0 Å². The molecule has 1 radical (unpaired) electrons. The number of amides is 1. The van der Waals surface area contributed by atoms with E-state index >= 15 is 0 Å². The van der Waals surface area contributed by atoms with E-state index in [4.69, 9.17) is 10.1 Å². The first-order chi connectivity index (χ1) is 12.5. The molecule has 135 valence electrons. The van der Waals surface area contributed by atoms with Gasteiger partial charge in [0.05, 0.1) is 0 Å². The van der Waals surface area contributed by atoms with Gasteiger partial charge in [-0.1, -0.05) is 0 Å². The first kappa shape index (κ1) is 18.7. The van der Waals surface area contributed by atoms with Crippen LogP contribution in [0.2, 0.25) is 0 Å². The van der Waals surface area contributed by atoms with Gasteiger partial charge < -0.3 is 0 Å². The predicted octanol–water partition coefficient (Wildman–Crippen LogP) is 4.09. The Labute approximate surface area is 162 Å². The summed E-state index contributed by atoms with van der Waals surface area (Å²) in [5.74, 6) is 0.423. The molecule has 2 aromatic carbocycles. The van der Waals surface area contributed by atoms with Crippen LogP contribution in [0.15, 0.2) is 48.5 Å². The molecule has 0 bridgehead atoms. The first-order valence-electron chi connectivity index (χ1n) is 8.84. The van der Waals surface area contributed by atoms with E-state index in [1.807, 2.05) is 24.3 Å². The van der Waals surface area contributed by atoms with Crippen LogP contribution in [0.4, 0.5) is 4.79 Å². The van der Waals surface area contributed by atoms with Gasteiger partial charge in [-0.3, -0.25) is 0 Å². The molecular weight excluding hydrogens is 391 g/mol. The molecule has 0 saturated carbocycles. The van der Waals surface area contributed by atoms with E-state index in [0.717, 1.165) is 0 Å². The Balaban J connectivity index is 1.70. The monoisotopic (exact) mass is 415 g/mol. The van der Waals surface area contributed by atoms with Crippen LogP contribution in [-0.4, -0.2) is 39.4 Å². The van der Waals surface area contributed by atoms with Crippen molar-refractivity contribution < 1.29 is 9.53 Å². The summed E-state index contributed by atoms with van der Waals surface area (Å²) in [5.41, 5.74) is 4.80. The molecule has 26 heavy (non-hydrogen) atoms. The fourth-order valence-electron chi connectivity index (χ4n) is 3.49. The molecule has 1 aliphatic carbocycles. The van der Waals surface area contributed by atoms with Crippen LogP contribution in [-0.2, 0) is 4.74 Å². The molecule has 3 rings (SSSR count). The molecule has 0 saturated heterocycles. The molecule has 4 nitrogen and oxygen atoms in total. The number of rotatable bonds is 6. The summed E-state index contributed by atoms with van der Waals surface area (Å²) in [6, 6.07) is 16.2. The molecule has 2 N–H and O–H groups in total. The molecule has 0 aromatic heterocycles. The third kappa shape index (κ3) is 4.00. The molecule has 0 unspecified atom stereocenters. The Morgan fingerprint density at radius 2 is 1.65 bits per heavy atom. The van der Waals surface area contributed by atoms with E-state index in [1.54, 1.807) is 0 Å². The summed E-state index contributed by atoms with van der Waals surface area (Å²) in [6.45, 7) is 4.42. The second kappa shape index (κ2) is 8.07. The summed E-state index contributed by atoms with van der Waals surface area (Å²) in [5, 5.41) is 10.6. The number of ether oxygens (including phenoxy) is 1. The second-order valence-electron chi connectivity index (χ2n) is 7.02. The number of alkyl carbamates (subject to hydrolysis) is 1. The zero-order valence-corrected chi connectivity index (χ0v) is 16.7. The van der Waals surface area contributed by atoms with E-state index in [9.17, 15) is 4.79 Å². The van der Waals surface area contributed by atoms with Crippen LogP contribution >= 0.6 is 0 Å². The molecule has 1 atom stereocenters. The van der Waals surface area contributed by atoms with Crippen LogP contribution in [0, 0.1) is 11.3 Å². The van der Waals surface area contributed by atoms with Gasteiger partial charge in [0.2, 0.25) is 0 Å². The topological polar surface area (TPSA) is 62.2 Å². The van der Waals surface area contributed by atoms with Crippen molar-refractivity contribution in [2.45, 2.75) is 32.2 Å². The van der Waals surface area contributed by atoms with E-state index in [-0.39, 0.29) is 18.6 Å². The third-order valence-corrected chi connectivity index (χ3v) is 5.26. The Bertz CT molecular complexity index is 774. The fraction of sp³-hybridized carbons (Fsp3) is 0.333. The molecule has 1 amide bonds. The Kier molecular flexibility index (Phi) is 5.80. The van der Waals surface area contributed by atoms with Crippen LogP contribution < -0.4 is 5.32 Å². The number of nitrogens with one attached hydrogen (secondary N) is 2. The molecule has 0 spiro atoms. The molecular formula is C21H23N2O2Se.